The third kappa shape index (κ3) is 1.76. The second-order valence-corrected chi connectivity index (χ2v) is 5.18. The highest BCUT2D eigenvalue weighted by Crippen LogP contribution is 2.28. The molecule has 1 aliphatic rings. The van der Waals surface area contributed by atoms with Crippen molar-refractivity contribution in [3.63, 3.8) is 0 Å². The first-order chi connectivity index (χ1) is 6.16. The fraction of sp³-hybridized carbons (Fsp3) is 0.700. The largest absolute Gasteiger partial charge is 0.300 e. The smallest absolute Gasteiger partial charge is 0.0957 e. The molecule has 0 saturated heterocycles. The Morgan fingerprint density at radius 1 is 1.46 bits per heavy atom. The van der Waals surface area contributed by atoms with Crippen LogP contribution in [0.15, 0.2) is 0 Å². The van der Waals surface area contributed by atoms with Crippen LogP contribution >= 0.6 is 11.3 Å². The van der Waals surface area contributed by atoms with E-state index < -0.39 is 0 Å². The Kier molecular flexibility index (Phi) is 2.39. The molecule has 1 aliphatic heterocycles. The van der Waals surface area contributed by atoms with Gasteiger partial charge in [-0.3, -0.25) is 0 Å². The van der Waals surface area contributed by atoms with Crippen molar-refractivity contribution in [2.45, 2.75) is 32.7 Å². The number of nitrogens with zero attached hydrogens (tertiary/aromatic N) is 2. The number of aromatic nitrogens is 1. The van der Waals surface area contributed by atoms with Gasteiger partial charge in [-0.1, -0.05) is 13.8 Å². The highest BCUT2D eigenvalue weighted by molar-refractivity contribution is 7.11. The van der Waals surface area contributed by atoms with Gasteiger partial charge in [0, 0.05) is 23.9 Å². The van der Waals surface area contributed by atoms with Crippen LogP contribution in [0.4, 0.5) is 0 Å². The van der Waals surface area contributed by atoms with Gasteiger partial charge in [0.25, 0.3) is 0 Å². The van der Waals surface area contributed by atoms with Gasteiger partial charge >= 0.3 is 0 Å². The van der Waals surface area contributed by atoms with Crippen LogP contribution in [0.25, 0.3) is 0 Å². The molecule has 0 saturated carbocycles. The number of thiazole rings is 1. The van der Waals surface area contributed by atoms with Crippen LogP contribution in [-0.2, 0) is 13.0 Å². The zero-order chi connectivity index (χ0) is 9.42. The number of fused-ring (bicyclic) bond motifs is 1. The fourth-order valence-corrected chi connectivity index (χ4v) is 2.66. The minimum atomic E-state index is 0.584. The summed E-state index contributed by atoms with van der Waals surface area (Å²) in [6.07, 6.45) is 1.19. The molecule has 0 amide bonds. The lowest BCUT2D eigenvalue weighted by atomic mass is 10.2. The fourth-order valence-electron chi connectivity index (χ4n) is 1.60. The summed E-state index contributed by atoms with van der Waals surface area (Å²) in [6, 6.07) is 0. The van der Waals surface area contributed by atoms with Gasteiger partial charge in [0.05, 0.1) is 10.7 Å². The van der Waals surface area contributed by atoms with Crippen molar-refractivity contribution < 1.29 is 0 Å². The predicted octanol–water partition coefficient (Wildman–Crippen LogP) is 2.25. The highest BCUT2D eigenvalue weighted by atomic mass is 32.1. The van der Waals surface area contributed by atoms with Crippen LogP contribution in [0.2, 0.25) is 0 Å². The molecule has 0 N–H and O–H groups in total. The molecule has 1 aromatic rings. The van der Waals surface area contributed by atoms with E-state index in [1.54, 1.807) is 0 Å². The molecule has 0 spiro atoms. The number of likely N-dealkylation sites (N-methyl/N-ethyl adjacent to an activating group) is 1. The van der Waals surface area contributed by atoms with Crippen molar-refractivity contribution in [3.05, 3.63) is 15.6 Å². The highest BCUT2D eigenvalue weighted by Gasteiger charge is 2.18. The van der Waals surface area contributed by atoms with Gasteiger partial charge in [-0.2, -0.15) is 0 Å². The van der Waals surface area contributed by atoms with Gasteiger partial charge in [0.1, 0.15) is 0 Å². The summed E-state index contributed by atoms with van der Waals surface area (Å²) in [5.74, 6) is 0.584. The second kappa shape index (κ2) is 3.39. The van der Waals surface area contributed by atoms with Crippen LogP contribution in [0.5, 0.6) is 0 Å². The second-order valence-electron chi connectivity index (χ2n) is 4.06. The van der Waals surface area contributed by atoms with Gasteiger partial charge in [0.15, 0.2) is 0 Å². The van der Waals surface area contributed by atoms with Gasteiger partial charge in [-0.05, 0) is 13.5 Å². The topological polar surface area (TPSA) is 16.1 Å². The van der Waals surface area contributed by atoms with Crippen molar-refractivity contribution >= 4 is 11.3 Å². The van der Waals surface area contributed by atoms with E-state index in [1.807, 2.05) is 11.3 Å². The van der Waals surface area contributed by atoms with Crippen LogP contribution in [-0.4, -0.2) is 23.5 Å². The summed E-state index contributed by atoms with van der Waals surface area (Å²) in [6.45, 7) is 6.66. The molecule has 0 aromatic carbocycles. The maximum Gasteiger partial charge on any atom is 0.0957 e. The van der Waals surface area contributed by atoms with Crippen LogP contribution in [0, 0.1) is 0 Å². The van der Waals surface area contributed by atoms with E-state index in [9.17, 15) is 0 Å². The molecule has 2 rings (SSSR count). The summed E-state index contributed by atoms with van der Waals surface area (Å²) in [5, 5.41) is 1.31. The molecule has 1 aromatic heterocycles. The van der Waals surface area contributed by atoms with E-state index in [1.165, 1.54) is 28.5 Å². The molecule has 0 unspecified atom stereocenters. The Morgan fingerprint density at radius 2 is 2.23 bits per heavy atom. The summed E-state index contributed by atoms with van der Waals surface area (Å²) in [7, 11) is 2.16. The Labute approximate surface area is 83.6 Å². The van der Waals surface area contributed by atoms with E-state index in [0.29, 0.717) is 5.92 Å². The lowest BCUT2D eigenvalue weighted by Crippen LogP contribution is -2.25. The Balaban J connectivity index is 2.28. The first-order valence-electron chi connectivity index (χ1n) is 4.84. The average molecular weight is 196 g/mol. The Morgan fingerprint density at radius 3 is 2.92 bits per heavy atom. The van der Waals surface area contributed by atoms with Crippen LogP contribution < -0.4 is 0 Å². The van der Waals surface area contributed by atoms with Gasteiger partial charge in [0.2, 0.25) is 0 Å². The summed E-state index contributed by atoms with van der Waals surface area (Å²) in [4.78, 5) is 8.53. The summed E-state index contributed by atoms with van der Waals surface area (Å²) < 4.78 is 0. The lowest BCUT2D eigenvalue weighted by molar-refractivity contribution is 0.310. The number of rotatable bonds is 1. The number of hydrogen-bond donors (Lipinski definition) is 0. The van der Waals surface area contributed by atoms with E-state index >= 15 is 0 Å². The monoisotopic (exact) mass is 196 g/mol. The number of hydrogen-bond acceptors (Lipinski definition) is 3. The normalized spacial score (nSPS) is 17.8. The molecule has 0 fully saturated rings. The molecule has 2 heterocycles. The zero-order valence-corrected chi connectivity index (χ0v) is 9.32. The van der Waals surface area contributed by atoms with Crippen molar-refractivity contribution in [1.82, 2.24) is 9.88 Å². The molecule has 0 atom stereocenters. The summed E-state index contributed by atoms with van der Waals surface area (Å²) >= 11 is 1.91. The van der Waals surface area contributed by atoms with E-state index in [2.05, 4.69) is 30.8 Å². The maximum atomic E-state index is 4.68. The molecule has 0 aliphatic carbocycles. The predicted molar refractivity (Wildman–Crippen MR) is 56.2 cm³/mol. The Hall–Kier alpha value is -0.410. The summed E-state index contributed by atoms with van der Waals surface area (Å²) in [5.41, 5.74) is 1.32. The Bertz CT molecular complexity index is 304. The first kappa shape index (κ1) is 9.16. The molecule has 0 radical (unpaired) electrons. The maximum absolute atomic E-state index is 4.68. The molecule has 72 valence electrons. The van der Waals surface area contributed by atoms with E-state index in [-0.39, 0.29) is 0 Å². The first-order valence-corrected chi connectivity index (χ1v) is 5.65. The van der Waals surface area contributed by atoms with Crippen molar-refractivity contribution in [1.29, 1.82) is 0 Å². The SMILES string of the molecule is CC(C)c1nc2c(s1)CCN(C)C2. The molecular formula is C10H16N2S. The third-order valence-electron chi connectivity index (χ3n) is 2.43. The molecule has 0 bridgehead atoms. The minimum absolute atomic E-state index is 0.584. The molecular weight excluding hydrogens is 180 g/mol. The van der Waals surface area contributed by atoms with Gasteiger partial charge in [-0.15, -0.1) is 11.3 Å². The van der Waals surface area contributed by atoms with E-state index in [4.69, 9.17) is 0 Å². The molecule has 3 heteroatoms. The van der Waals surface area contributed by atoms with Crippen molar-refractivity contribution in [2.75, 3.05) is 13.6 Å². The molecule has 2 nitrogen and oxygen atoms in total. The quantitative estimate of drug-likeness (QED) is 0.685. The molecule has 13 heavy (non-hydrogen) atoms. The minimum Gasteiger partial charge on any atom is -0.300 e. The third-order valence-corrected chi connectivity index (χ3v) is 3.89. The van der Waals surface area contributed by atoms with Crippen molar-refractivity contribution in [3.8, 4) is 0 Å². The standard InChI is InChI=1S/C10H16N2S/c1-7(2)10-11-8-6-12(3)5-4-9(8)13-10/h7H,4-6H2,1-3H3. The average Bonchev–Trinajstić information content (AvgIpc) is 2.46. The van der Waals surface area contributed by atoms with Crippen LogP contribution in [0.3, 0.4) is 0 Å². The van der Waals surface area contributed by atoms with Crippen LogP contribution in [0.1, 0.15) is 35.3 Å². The van der Waals surface area contributed by atoms with E-state index in [0.717, 1.165) is 6.54 Å². The van der Waals surface area contributed by atoms with Crippen molar-refractivity contribution in [2.24, 2.45) is 0 Å². The zero-order valence-electron chi connectivity index (χ0n) is 8.50. The van der Waals surface area contributed by atoms with Gasteiger partial charge in [-0.25, -0.2) is 4.98 Å². The lowest BCUT2D eigenvalue weighted by Gasteiger charge is -2.20. The van der Waals surface area contributed by atoms with Gasteiger partial charge < -0.3 is 4.90 Å².